The molecule has 446 valence electrons. The molecule has 0 bridgehead atoms. The fourth-order valence-electron chi connectivity index (χ4n) is 12.2. The van der Waals surface area contributed by atoms with Crippen molar-refractivity contribution in [3.8, 4) is 11.8 Å². The van der Waals surface area contributed by atoms with Crippen LogP contribution in [0, 0.1) is 34.5 Å². The first-order chi connectivity index (χ1) is 39.9. The monoisotopic (exact) mass is 1140 g/mol. The van der Waals surface area contributed by atoms with Gasteiger partial charge in [-0.05, 0) is 167 Å². The molecule has 17 heteroatoms. The Morgan fingerprint density at radius 3 is 1.44 bits per heavy atom. The van der Waals surface area contributed by atoms with E-state index in [1.54, 1.807) is 76.5 Å². The average Bonchev–Trinajstić information content (AvgIpc) is 3.58. The molecule has 84 heavy (non-hydrogen) atoms. The number of hydrogen-bond acceptors (Lipinski definition) is 10. The zero-order valence-corrected chi connectivity index (χ0v) is 50.4. The second kappa shape index (κ2) is 26.9. The van der Waals surface area contributed by atoms with E-state index >= 15 is 0 Å². The van der Waals surface area contributed by atoms with Crippen molar-refractivity contribution in [2.75, 3.05) is 20.6 Å². The van der Waals surface area contributed by atoms with Crippen LogP contribution in [0.5, 0.6) is 0 Å². The van der Waals surface area contributed by atoms with E-state index in [2.05, 4.69) is 66.5 Å². The summed E-state index contributed by atoms with van der Waals surface area (Å²) >= 11 is 0. The minimum Gasteiger partial charge on any atom is -0.349 e. The summed E-state index contributed by atoms with van der Waals surface area (Å²) in [6.45, 7) is 14.8. The van der Waals surface area contributed by atoms with Crippen molar-refractivity contribution in [2.24, 2.45) is 22.7 Å². The summed E-state index contributed by atoms with van der Waals surface area (Å²) in [7, 11) is 3.34. The molecule has 7 amide bonds. The number of rotatable bonds is 17. The number of carbonyl (C=O) groups is 8. The Hall–Kier alpha value is -7.68. The molecule has 17 nitrogen and oxygen atoms in total. The molecule has 8 rings (SSSR count). The molecule has 0 spiro atoms. The van der Waals surface area contributed by atoms with Gasteiger partial charge in [-0.15, -0.1) is 0 Å². The average molecular weight is 1140 g/mol. The summed E-state index contributed by atoms with van der Waals surface area (Å²) < 4.78 is 0. The molecule has 11 atom stereocenters. The number of nitrogens with zero attached hydrogens (tertiary/aromatic N) is 1. The summed E-state index contributed by atoms with van der Waals surface area (Å²) in [4.78, 5) is 114. The molecule has 4 aromatic carbocycles. The van der Waals surface area contributed by atoms with Gasteiger partial charge in [0.15, 0.2) is 5.78 Å². The number of amides is 7. The summed E-state index contributed by atoms with van der Waals surface area (Å²) in [5.41, 5.74) is 5.16. The number of fused-ring (bicyclic) bond motifs is 2. The second-order valence-corrected chi connectivity index (χ2v) is 25.5. The van der Waals surface area contributed by atoms with E-state index in [-0.39, 0.29) is 79.1 Å². The molecule has 1 saturated heterocycles. The lowest BCUT2D eigenvalue weighted by Gasteiger charge is -2.36. The zero-order valence-electron chi connectivity index (χ0n) is 50.4. The summed E-state index contributed by atoms with van der Waals surface area (Å²) in [5, 5.41) is 24.4. The third-order valence-electron chi connectivity index (χ3n) is 17.3. The molecule has 0 radical (unpaired) electrons. The normalized spacial score (nSPS) is 22.5. The number of carbonyl (C=O) groups excluding carboxylic acids is 8. The number of aryl methyl sites for hydroxylation is 2. The van der Waals surface area contributed by atoms with Crippen molar-refractivity contribution in [3.05, 3.63) is 142 Å². The molecular formula is C67H85N9O8. The van der Waals surface area contributed by atoms with Crippen LogP contribution in [0.3, 0.4) is 0 Å². The maximum absolute atomic E-state index is 14.7. The predicted molar refractivity (Wildman–Crippen MR) is 323 cm³/mol. The van der Waals surface area contributed by atoms with E-state index < -0.39 is 70.9 Å². The zero-order chi connectivity index (χ0) is 60.6. The molecule has 1 aliphatic heterocycles. The van der Waals surface area contributed by atoms with Crippen LogP contribution >= 0.6 is 0 Å². The number of hydrogen-bond donors (Lipinski definition) is 8. The lowest BCUT2D eigenvalue weighted by Crippen LogP contribution is -2.59. The van der Waals surface area contributed by atoms with Gasteiger partial charge in [0, 0.05) is 52.7 Å². The molecule has 2 fully saturated rings. The van der Waals surface area contributed by atoms with Crippen LogP contribution in [-0.4, -0.2) is 115 Å². The Labute approximate surface area is 495 Å². The highest BCUT2D eigenvalue weighted by Gasteiger charge is 2.49. The van der Waals surface area contributed by atoms with Gasteiger partial charge in [0.25, 0.3) is 11.8 Å². The first kappa shape index (κ1) is 62.4. The maximum Gasteiger partial charge on any atom is 0.251 e. The maximum atomic E-state index is 14.7. The van der Waals surface area contributed by atoms with Gasteiger partial charge >= 0.3 is 0 Å². The molecule has 4 aliphatic rings. The first-order valence-electron chi connectivity index (χ1n) is 29.8. The molecule has 1 saturated carbocycles. The van der Waals surface area contributed by atoms with E-state index in [1.165, 1.54) is 16.0 Å². The largest absolute Gasteiger partial charge is 0.349 e. The second-order valence-electron chi connectivity index (χ2n) is 25.5. The van der Waals surface area contributed by atoms with E-state index in [9.17, 15) is 38.4 Å². The van der Waals surface area contributed by atoms with E-state index in [1.807, 2.05) is 77.9 Å². The van der Waals surface area contributed by atoms with Crippen molar-refractivity contribution in [3.63, 3.8) is 0 Å². The van der Waals surface area contributed by atoms with Crippen LogP contribution in [0.15, 0.2) is 97.1 Å². The number of likely N-dealkylation sites (tertiary alicyclic amines) is 1. The Kier molecular flexibility index (Phi) is 20.0. The Bertz CT molecular complexity index is 2950. The van der Waals surface area contributed by atoms with Gasteiger partial charge in [-0.25, -0.2) is 0 Å². The van der Waals surface area contributed by atoms with Crippen LogP contribution in [0.1, 0.15) is 167 Å². The summed E-state index contributed by atoms with van der Waals surface area (Å²) in [5.74, 6) is 2.16. The third kappa shape index (κ3) is 15.0. The molecule has 1 unspecified atom stereocenters. The van der Waals surface area contributed by atoms with Crippen molar-refractivity contribution in [1.29, 1.82) is 0 Å². The standard InChI is InChI=1S/C67H85N9O8/c1-39(68-9)59(78)74-57(66(3,4)5)56(77)51-35-47(36-52(51)63(82)72-53-23-15-19-43-17-11-13-21-49(43)53)70-61(80)45-31-27-41(28-32-45)25-26-42-29-33-46(34-30-42)62(81)71-48-37-55(64(83)73-54-24-16-20-44-18-12-14-22-50(44)54)76(38-48)65(84)58(67(6,7)8)75-60(79)40(2)69-10/h11-14,17-18,21-22,27-34,39-40,47-48,51-55,57-58,68-69H,15-16,19-20,23-24,35-38H2,1-10H3,(H,70,80)(H,71,81)(H,72,82)(H,73,83)(H,74,78)(H,75,79)/t39-,40-,47+,48-,51?,52+,53+,54+,55-,57+,58+/m0/s1. The van der Waals surface area contributed by atoms with Crippen molar-refractivity contribution in [2.45, 2.75) is 168 Å². The molecule has 1 heterocycles. The van der Waals surface area contributed by atoms with Gasteiger partial charge in [-0.2, -0.15) is 0 Å². The quantitative estimate of drug-likeness (QED) is 0.0562. The van der Waals surface area contributed by atoms with Gasteiger partial charge in [-0.1, -0.05) is 102 Å². The number of benzene rings is 4. The van der Waals surface area contributed by atoms with Gasteiger partial charge in [0.05, 0.1) is 30.2 Å². The number of Topliss-reactive ketones (excluding diaryl/α,β-unsaturated/α-hetero) is 1. The summed E-state index contributed by atoms with van der Waals surface area (Å²) in [6, 6.07) is 24.5. The number of nitrogens with one attached hydrogen (secondary N) is 8. The van der Waals surface area contributed by atoms with Crippen LogP contribution in [0.4, 0.5) is 0 Å². The molecule has 8 N–H and O–H groups in total. The molecule has 4 aromatic rings. The SMILES string of the molecule is CN[C@@H](C)C(=O)N[C@H](C(=O)C1C[C@@H](NC(=O)c2ccc(C#Cc3ccc(C(=O)N[C@H]4C[C@@H](C(=O)N[C@@H]5CCCc6ccccc65)N(C(=O)[C@@H](NC(=O)[C@H](C)NC)C(C)(C)C)C4)cc3)cc2)C[C@H]1C(=O)N[C@@H]1CCCc2ccccc21)C(C)(C)C. The predicted octanol–water partition coefficient (Wildman–Crippen LogP) is 6.14. The fourth-order valence-corrected chi connectivity index (χ4v) is 12.2. The van der Waals surface area contributed by atoms with Crippen LogP contribution in [0.25, 0.3) is 0 Å². The van der Waals surface area contributed by atoms with E-state index in [0.717, 1.165) is 49.7 Å². The van der Waals surface area contributed by atoms with Gasteiger partial charge in [0.1, 0.15) is 12.1 Å². The summed E-state index contributed by atoms with van der Waals surface area (Å²) in [6.07, 6.45) is 5.87. The minimum atomic E-state index is -0.952. The van der Waals surface area contributed by atoms with Crippen LogP contribution in [-0.2, 0) is 41.6 Å². The van der Waals surface area contributed by atoms with E-state index in [4.69, 9.17) is 0 Å². The van der Waals surface area contributed by atoms with Gasteiger partial charge < -0.3 is 47.4 Å². The highest BCUT2D eigenvalue weighted by molar-refractivity contribution is 5.98. The molecule has 3 aliphatic carbocycles. The smallest absolute Gasteiger partial charge is 0.251 e. The number of ketones is 1. The third-order valence-corrected chi connectivity index (χ3v) is 17.3. The Morgan fingerprint density at radius 1 is 0.524 bits per heavy atom. The van der Waals surface area contributed by atoms with Crippen LogP contribution in [0.2, 0.25) is 0 Å². The lowest BCUT2D eigenvalue weighted by molar-refractivity contribution is -0.144. The highest BCUT2D eigenvalue weighted by atomic mass is 16.2. The number of likely N-dealkylation sites (N-methyl/N-ethyl adjacent to an activating group) is 2. The minimum absolute atomic E-state index is 0.0623. The van der Waals surface area contributed by atoms with E-state index in [0.29, 0.717) is 22.3 Å². The first-order valence-corrected chi connectivity index (χ1v) is 29.8. The fraction of sp³-hybridized carbons (Fsp3) is 0.493. The highest BCUT2D eigenvalue weighted by Crippen LogP contribution is 2.39. The Balaban J connectivity index is 0.915. The molecular weight excluding hydrogens is 1060 g/mol. The van der Waals surface area contributed by atoms with Gasteiger partial charge in [-0.3, -0.25) is 38.4 Å². The van der Waals surface area contributed by atoms with Crippen molar-refractivity contribution >= 4 is 47.1 Å². The van der Waals surface area contributed by atoms with Crippen molar-refractivity contribution < 1.29 is 38.4 Å². The van der Waals surface area contributed by atoms with Crippen molar-refractivity contribution in [1.82, 2.24) is 47.4 Å². The topological polar surface area (TPSA) is 236 Å². The van der Waals surface area contributed by atoms with Crippen LogP contribution < -0.4 is 42.5 Å². The Morgan fingerprint density at radius 2 is 0.964 bits per heavy atom. The lowest BCUT2D eigenvalue weighted by atomic mass is 9.77. The molecule has 0 aromatic heterocycles. The van der Waals surface area contributed by atoms with Gasteiger partial charge in [0.2, 0.25) is 29.5 Å².